The van der Waals surface area contributed by atoms with Gasteiger partial charge in [-0.15, -0.1) is 0 Å². The van der Waals surface area contributed by atoms with E-state index < -0.39 is 11.9 Å². The molecule has 0 bridgehead atoms. The molecule has 0 atom stereocenters. The van der Waals surface area contributed by atoms with Crippen LogP contribution in [-0.2, 0) is 0 Å². The molecule has 2 aromatic rings. The van der Waals surface area contributed by atoms with Gasteiger partial charge in [-0.1, -0.05) is 11.3 Å². The van der Waals surface area contributed by atoms with Crippen LogP contribution in [-0.4, -0.2) is 34.4 Å². The van der Waals surface area contributed by atoms with Crippen LogP contribution >= 0.6 is 11.3 Å². The number of carboxylic acids is 1. The zero-order valence-electron chi connectivity index (χ0n) is 12.4. The summed E-state index contributed by atoms with van der Waals surface area (Å²) in [5.41, 5.74) is 0.524. The lowest BCUT2D eigenvalue weighted by Crippen LogP contribution is -2.13. The lowest BCUT2D eigenvalue weighted by molar-refractivity contribution is 0.0701. The zero-order chi connectivity index (χ0) is 17.0. The number of carbonyl (C=O) groups excluding carboxylic acids is 2. The molecule has 0 saturated carbocycles. The number of nitrogens with one attached hydrogen (secondary N) is 1. The average Bonchev–Trinajstić information content (AvgIpc) is 2.94. The fourth-order valence-electron chi connectivity index (χ4n) is 1.76. The van der Waals surface area contributed by atoms with E-state index in [1.807, 2.05) is 13.8 Å². The third kappa shape index (κ3) is 4.36. The summed E-state index contributed by atoms with van der Waals surface area (Å²) in [6, 6.07) is 4.46. The van der Waals surface area contributed by atoms with Crippen molar-refractivity contribution in [3.63, 3.8) is 0 Å². The second kappa shape index (κ2) is 7.01. The summed E-state index contributed by atoms with van der Waals surface area (Å²) < 4.78 is 5.50. The van der Waals surface area contributed by atoms with E-state index in [-0.39, 0.29) is 21.7 Å². The van der Waals surface area contributed by atoms with Gasteiger partial charge in [-0.25, -0.2) is 9.78 Å². The average molecular weight is 334 g/mol. The number of ether oxygens (including phenoxy) is 1. The SMILES string of the molecule is CC(C)Oc1cc(C=O)cc(C(=O)Nc2ncc(C(=O)O)s2)c1. The highest BCUT2D eigenvalue weighted by atomic mass is 32.1. The second-order valence-corrected chi connectivity index (χ2v) is 5.89. The fourth-order valence-corrected chi connectivity index (χ4v) is 2.41. The Balaban J connectivity index is 2.23. The Morgan fingerprint density at radius 1 is 1.35 bits per heavy atom. The van der Waals surface area contributed by atoms with Crippen LogP contribution in [0, 0.1) is 0 Å². The lowest BCUT2D eigenvalue weighted by Gasteiger charge is -2.11. The predicted octanol–water partition coefficient (Wildman–Crippen LogP) is 2.69. The quantitative estimate of drug-likeness (QED) is 0.787. The number of aromatic carboxylic acids is 1. The van der Waals surface area contributed by atoms with Crippen molar-refractivity contribution < 1.29 is 24.2 Å². The van der Waals surface area contributed by atoms with Crippen LogP contribution in [0.25, 0.3) is 0 Å². The number of nitrogens with zero attached hydrogens (tertiary/aromatic N) is 1. The number of rotatable bonds is 6. The first-order valence-corrected chi connectivity index (χ1v) is 7.48. The molecule has 0 unspecified atom stereocenters. The predicted molar refractivity (Wildman–Crippen MR) is 84.6 cm³/mol. The molecule has 23 heavy (non-hydrogen) atoms. The maximum atomic E-state index is 12.2. The van der Waals surface area contributed by atoms with Crippen LogP contribution in [0.15, 0.2) is 24.4 Å². The first-order valence-electron chi connectivity index (χ1n) is 6.66. The number of amides is 1. The Labute approximate surface area is 135 Å². The van der Waals surface area contributed by atoms with Crippen molar-refractivity contribution >= 4 is 34.6 Å². The van der Waals surface area contributed by atoms with Crippen molar-refractivity contribution in [2.24, 2.45) is 0 Å². The van der Waals surface area contributed by atoms with Gasteiger partial charge >= 0.3 is 5.97 Å². The Hall–Kier alpha value is -2.74. The molecule has 2 rings (SSSR count). The topological polar surface area (TPSA) is 106 Å². The first kappa shape index (κ1) is 16.6. The molecular formula is C15H14N2O5S. The number of thiazole rings is 1. The maximum absolute atomic E-state index is 12.2. The van der Waals surface area contributed by atoms with E-state index in [4.69, 9.17) is 9.84 Å². The molecule has 0 aliphatic rings. The van der Waals surface area contributed by atoms with Gasteiger partial charge in [0.1, 0.15) is 16.9 Å². The standard InChI is InChI=1S/C15H14N2O5S/c1-8(2)22-11-4-9(7-18)3-10(5-11)13(19)17-15-16-6-12(23-15)14(20)21/h3-8H,1-2H3,(H,20,21)(H,16,17,19). The summed E-state index contributed by atoms with van der Waals surface area (Å²) in [5.74, 6) is -1.22. The van der Waals surface area contributed by atoms with Crippen LogP contribution in [0.5, 0.6) is 5.75 Å². The summed E-state index contributed by atoms with van der Waals surface area (Å²) >= 11 is 0.845. The van der Waals surface area contributed by atoms with Gasteiger partial charge in [0, 0.05) is 11.1 Å². The molecule has 0 radical (unpaired) electrons. The van der Waals surface area contributed by atoms with Gasteiger partial charge in [-0.2, -0.15) is 0 Å². The summed E-state index contributed by atoms with van der Waals surface area (Å²) in [6.45, 7) is 3.66. The van der Waals surface area contributed by atoms with Gasteiger partial charge in [0.25, 0.3) is 5.91 Å². The van der Waals surface area contributed by atoms with Gasteiger partial charge in [-0.3, -0.25) is 14.9 Å². The molecule has 2 N–H and O–H groups in total. The summed E-state index contributed by atoms with van der Waals surface area (Å²) in [6.07, 6.45) is 1.68. The number of hydrogen-bond acceptors (Lipinski definition) is 6. The van der Waals surface area contributed by atoms with Crippen LogP contribution < -0.4 is 10.1 Å². The van der Waals surface area contributed by atoms with E-state index in [9.17, 15) is 14.4 Å². The molecule has 0 aliphatic heterocycles. The fraction of sp³-hybridized carbons (Fsp3) is 0.200. The number of anilines is 1. The normalized spacial score (nSPS) is 10.4. The number of carboxylic acid groups (broad SMARTS) is 1. The first-order chi connectivity index (χ1) is 10.9. The van der Waals surface area contributed by atoms with E-state index in [1.54, 1.807) is 0 Å². The van der Waals surface area contributed by atoms with E-state index in [0.717, 1.165) is 17.5 Å². The molecule has 0 spiro atoms. The highest BCUT2D eigenvalue weighted by Crippen LogP contribution is 2.21. The molecule has 1 amide bonds. The van der Waals surface area contributed by atoms with E-state index in [1.165, 1.54) is 18.2 Å². The summed E-state index contributed by atoms with van der Waals surface area (Å²) in [5, 5.41) is 11.5. The number of benzene rings is 1. The van der Waals surface area contributed by atoms with Gasteiger partial charge in [-0.05, 0) is 32.0 Å². The minimum absolute atomic E-state index is 0.0192. The Morgan fingerprint density at radius 2 is 2.09 bits per heavy atom. The molecular weight excluding hydrogens is 320 g/mol. The molecule has 1 aromatic carbocycles. The number of aldehydes is 1. The summed E-state index contributed by atoms with van der Waals surface area (Å²) in [4.78, 5) is 37.9. The molecule has 1 heterocycles. The van der Waals surface area contributed by atoms with Crippen LogP contribution in [0.3, 0.4) is 0 Å². The molecule has 7 nitrogen and oxygen atoms in total. The van der Waals surface area contributed by atoms with Crippen molar-refractivity contribution in [2.75, 3.05) is 5.32 Å². The number of carbonyl (C=O) groups is 3. The Morgan fingerprint density at radius 3 is 2.65 bits per heavy atom. The molecule has 0 saturated heterocycles. The van der Waals surface area contributed by atoms with Crippen LogP contribution in [0.4, 0.5) is 5.13 Å². The van der Waals surface area contributed by atoms with Crippen molar-refractivity contribution in [2.45, 2.75) is 20.0 Å². The highest BCUT2D eigenvalue weighted by Gasteiger charge is 2.14. The van der Waals surface area contributed by atoms with Crippen molar-refractivity contribution in [1.29, 1.82) is 0 Å². The molecule has 1 aromatic heterocycles. The largest absolute Gasteiger partial charge is 0.491 e. The number of aromatic nitrogens is 1. The van der Waals surface area contributed by atoms with E-state index in [0.29, 0.717) is 17.6 Å². The lowest BCUT2D eigenvalue weighted by atomic mass is 10.1. The van der Waals surface area contributed by atoms with Crippen molar-refractivity contribution in [3.05, 3.63) is 40.4 Å². The van der Waals surface area contributed by atoms with Gasteiger partial charge < -0.3 is 9.84 Å². The molecule has 120 valence electrons. The van der Waals surface area contributed by atoms with Gasteiger partial charge in [0.2, 0.25) is 0 Å². The molecule has 0 fully saturated rings. The van der Waals surface area contributed by atoms with Crippen LogP contribution in [0.1, 0.15) is 44.2 Å². The Kier molecular flexibility index (Phi) is 5.07. The third-order valence-corrected chi connectivity index (χ3v) is 3.54. The van der Waals surface area contributed by atoms with Crippen molar-refractivity contribution in [1.82, 2.24) is 4.98 Å². The molecule has 0 aliphatic carbocycles. The highest BCUT2D eigenvalue weighted by molar-refractivity contribution is 7.17. The van der Waals surface area contributed by atoms with Gasteiger partial charge in [0.05, 0.1) is 12.3 Å². The Bertz CT molecular complexity index is 754. The maximum Gasteiger partial charge on any atom is 0.347 e. The number of hydrogen-bond donors (Lipinski definition) is 2. The van der Waals surface area contributed by atoms with Crippen molar-refractivity contribution in [3.8, 4) is 5.75 Å². The monoisotopic (exact) mass is 334 g/mol. The summed E-state index contributed by atoms with van der Waals surface area (Å²) in [7, 11) is 0. The zero-order valence-corrected chi connectivity index (χ0v) is 13.2. The van der Waals surface area contributed by atoms with Crippen LogP contribution in [0.2, 0.25) is 0 Å². The van der Waals surface area contributed by atoms with E-state index >= 15 is 0 Å². The smallest absolute Gasteiger partial charge is 0.347 e. The molecule has 8 heteroatoms. The van der Waals surface area contributed by atoms with E-state index in [2.05, 4.69) is 10.3 Å². The minimum Gasteiger partial charge on any atom is -0.491 e. The van der Waals surface area contributed by atoms with Gasteiger partial charge in [0.15, 0.2) is 5.13 Å². The third-order valence-electron chi connectivity index (χ3n) is 2.64. The second-order valence-electron chi connectivity index (χ2n) is 4.86. The minimum atomic E-state index is -1.11.